The second-order valence-electron chi connectivity index (χ2n) is 3.03. The first-order chi connectivity index (χ1) is 4.81. The van der Waals surface area contributed by atoms with E-state index in [4.69, 9.17) is 0 Å². The van der Waals surface area contributed by atoms with Crippen molar-refractivity contribution in [1.82, 2.24) is 0 Å². The molecule has 1 fully saturated rings. The van der Waals surface area contributed by atoms with Crippen molar-refractivity contribution in [3.63, 3.8) is 0 Å². The second-order valence-corrected chi connectivity index (χ2v) is 3.03. The summed E-state index contributed by atoms with van der Waals surface area (Å²) in [6.45, 7) is 4.01. The maximum atomic E-state index is 4.60. The third kappa shape index (κ3) is 12.3. The van der Waals surface area contributed by atoms with Crippen molar-refractivity contribution in [3.8, 4) is 12.3 Å². The summed E-state index contributed by atoms with van der Waals surface area (Å²) in [4.78, 5) is 0. The molecule has 0 heteroatoms. The summed E-state index contributed by atoms with van der Waals surface area (Å²) in [7, 11) is 0. The first-order valence-corrected chi connectivity index (χ1v) is 4.18. The molecule has 0 amide bonds. The summed E-state index contributed by atoms with van der Waals surface area (Å²) < 4.78 is 0. The van der Waals surface area contributed by atoms with Crippen molar-refractivity contribution < 1.29 is 0 Å². The van der Waals surface area contributed by atoms with Gasteiger partial charge < -0.3 is 0 Å². The highest BCUT2D eigenvalue weighted by molar-refractivity contribution is 4.73. The third-order valence-electron chi connectivity index (χ3n) is 1.89. The van der Waals surface area contributed by atoms with Crippen LogP contribution in [-0.4, -0.2) is 0 Å². The standard InChI is InChI=1S/C7H14.C3H4.2CH4/c1-7-5-3-2-4-6-7;1-3-2;;/h7H,2-6H2,1H3;1H,2H3;2*1H4. The molecule has 12 heavy (non-hydrogen) atoms. The van der Waals surface area contributed by atoms with E-state index in [2.05, 4.69) is 19.3 Å². The third-order valence-corrected chi connectivity index (χ3v) is 1.89. The maximum absolute atomic E-state index is 4.60. The van der Waals surface area contributed by atoms with E-state index in [1.807, 2.05) is 0 Å². The Bertz CT molecular complexity index is 91.1. The van der Waals surface area contributed by atoms with Gasteiger partial charge in [0.2, 0.25) is 0 Å². The van der Waals surface area contributed by atoms with Crippen molar-refractivity contribution in [2.75, 3.05) is 0 Å². The van der Waals surface area contributed by atoms with Crippen LogP contribution >= 0.6 is 0 Å². The van der Waals surface area contributed by atoms with E-state index in [-0.39, 0.29) is 14.9 Å². The maximum Gasteiger partial charge on any atom is -0.00297 e. The molecule has 74 valence electrons. The van der Waals surface area contributed by atoms with E-state index in [0.717, 1.165) is 5.92 Å². The molecule has 0 aromatic carbocycles. The van der Waals surface area contributed by atoms with Crippen LogP contribution in [0.25, 0.3) is 0 Å². The van der Waals surface area contributed by atoms with Gasteiger partial charge in [-0.1, -0.05) is 53.9 Å². The molecule has 0 N–H and O–H groups in total. The van der Waals surface area contributed by atoms with Gasteiger partial charge in [-0.2, -0.15) is 0 Å². The number of hydrogen-bond acceptors (Lipinski definition) is 0. The first-order valence-electron chi connectivity index (χ1n) is 4.18. The van der Waals surface area contributed by atoms with Crippen molar-refractivity contribution in [3.05, 3.63) is 0 Å². The lowest BCUT2D eigenvalue weighted by Crippen LogP contribution is -1.99. The lowest BCUT2D eigenvalue weighted by Gasteiger charge is -2.15. The minimum atomic E-state index is 0. The molecule has 0 nitrogen and oxygen atoms in total. The Balaban J connectivity index is -0.000000146. The monoisotopic (exact) mass is 170 g/mol. The normalized spacial score (nSPS) is 15.4. The van der Waals surface area contributed by atoms with Crippen LogP contribution in [0.2, 0.25) is 0 Å². The van der Waals surface area contributed by atoms with Gasteiger partial charge in [-0.3, -0.25) is 0 Å². The Morgan fingerprint density at radius 3 is 1.58 bits per heavy atom. The van der Waals surface area contributed by atoms with Crippen LogP contribution in [0.1, 0.15) is 60.8 Å². The predicted octanol–water partition coefficient (Wildman–Crippen LogP) is 4.50. The first kappa shape index (κ1) is 17.6. The molecule has 0 unspecified atom stereocenters. The topological polar surface area (TPSA) is 0 Å². The average Bonchev–Trinajstić information content (AvgIpc) is 1.91. The number of rotatable bonds is 0. The zero-order chi connectivity index (χ0) is 7.82. The Labute approximate surface area is 79.8 Å². The van der Waals surface area contributed by atoms with Gasteiger partial charge in [-0.05, 0) is 12.8 Å². The fourth-order valence-corrected chi connectivity index (χ4v) is 1.31. The molecule has 1 aliphatic rings. The molecule has 0 aliphatic heterocycles. The van der Waals surface area contributed by atoms with E-state index >= 15 is 0 Å². The van der Waals surface area contributed by atoms with Gasteiger partial charge in [0.15, 0.2) is 0 Å². The van der Waals surface area contributed by atoms with Gasteiger partial charge in [-0.25, -0.2) is 0 Å². The molecule has 0 heterocycles. The van der Waals surface area contributed by atoms with Crippen LogP contribution in [0.4, 0.5) is 0 Å². The highest BCUT2D eigenvalue weighted by Crippen LogP contribution is 2.21. The Hall–Kier alpha value is -0.440. The SMILES string of the molecule is C.C.C#CC.CC1CCCCC1. The molecule has 0 aromatic rings. The Kier molecular flexibility index (Phi) is 19.3. The molecule has 0 radical (unpaired) electrons. The van der Waals surface area contributed by atoms with Gasteiger partial charge in [0.25, 0.3) is 0 Å². The largest absolute Gasteiger partial charge is 0.120 e. The van der Waals surface area contributed by atoms with E-state index in [1.165, 1.54) is 32.1 Å². The number of hydrogen-bond donors (Lipinski definition) is 0. The van der Waals surface area contributed by atoms with Crippen molar-refractivity contribution in [2.24, 2.45) is 5.92 Å². The summed E-state index contributed by atoms with van der Waals surface area (Å²) >= 11 is 0. The Morgan fingerprint density at radius 2 is 1.42 bits per heavy atom. The molecular weight excluding hydrogens is 144 g/mol. The summed E-state index contributed by atoms with van der Waals surface area (Å²) in [5, 5.41) is 0. The van der Waals surface area contributed by atoms with Crippen molar-refractivity contribution >= 4 is 0 Å². The molecule has 0 bridgehead atoms. The molecule has 1 rings (SSSR count). The second kappa shape index (κ2) is 13.2. The van der Waals surface area contributed by atoms with E-state index in [1.54, 1.807) is 6.92 Å². The van der Waals surface area contributed by atoms with Crippen LogP contribution in [0.3, 0.4) is 0 Å². The van der Waals surface area contributed by atoms with E-state index in [9.17, 15) is 0 Å². The zero-order valence-corrected chi connectivity index (χ0v) is 7.19. The fourth-order valence-electron chi connectivity index (χ4n) is 1.31. The van der Waals surface area contributed by atoms with Crippen molar-refractivity contribution in [1.29, 1.82) is 0 Å². The average molecular weight is 170 g/mol. The van der Waals surface area contributed by atoms with Crippen molar-refractivity contribution in [2.45, 2.75) is 60.8 Å². The predicted molar refractivity (Wildman–Crippen MR) is 60.2 cm³/mol. The van der Waals surface area contributed by atoms with Crippen LogP contribution in [0.15, 0.2) is 0 Å². The smallest absolute Gasteiger partial charge is 0.00297 e. The molecule has 1 saturated carbocycles. The van der Waals surface area contributed by atoms with Crippen LogP contribution in [-0.2, 0) is 0 Å². The summed E-state index contributed by atoms with van der Waals surface area (Å²) in [5.41, 5.74) is 0. The summed E-state index contributed by atoms with van der Waals surface area (Å²) in [5.74, 6) is 3.29. The molecular formula is C12H26. The van der Waals surface area contributed by atoms with Crippen LogP contribution in [0, 0.1) is 18.3 Å². The van der Waals surface area contributed by atoms with Gasteiger partial charge in [0, 0.05) is 0 Å². The Morgan fingerprint density at radius 1 is 1.08 bits per heavy atom. The molecule has 0 atom stereocenters. The number of terminal acetylenes is 1. The minimum absolute atomic E-state index is 0. The van der Waals surface area contributed by atoms with Crippen LogP contribution < -0.4 is 0 Å². The van der Waals surface area contributed by atoms with Gasteiger partial charge in [0.1, 0.15) is 0 Å². The molecule has 0 saturated heterocycles. The summed E-state index contributed by atoms with van der Waals surface area (Å²) in [6, 6.07) is 0. The molecule has 0 spiro atoms. The van der Waals surface area contributed by atoms with E-state index in [0.29, 0.717) is 0 Å². The van der Waals surface area contributed by atoms with E-state index < -0.39 is 0 Å². The lowest BCUT2D eigenvalue weighted by atomic mass is 9.91. The minimum Gasteiger partial charge on any atom is -0.120 e. The van der Waals surface area contributed by atoms with Gasteiger partial charge in [0.05, 0.1) is 0 Å². The zero-order valence-electron chi connectivity index (χ0n) is 7.19. The summed E-state index contributed by atoms with van der Waals surface area (Å²) in [6.07, 6.45) is 12.0. The highest BCUT2D eigenvalue weighted by Gasteiger charge is 2.05. The lowest BCUT2D eigenvalue weighted by molar-refractivity contribution is 0.385. The van der Waals surface area contributed by atoms with Crippen LogP contribution in [0.5, 0.6) is 0 Å². The van der Waals surface area contributed by atoms with Gasteiger partial charge >= 0.3 is 0 Å². The fraction of sp³-hybridized carbons (Fsp3) is 0.833. The highest BCUT2D eigenvalue weighted by atomic mass is 14.1. The van der Waals surface area contributed by atoms with Gasteiger partial charge in [-0.15, -0.1) is 12.3 Å². The molecule has 0 aromatic heterocycles. The molecule has 1 aliphatic carbocycles. The quantitative estimate of drug-likeness (QED) is 0.470.